The summed E-state index contributed by atoms with van der Waals surface area (Å²) in [6, 6.07) is 6.26. The minimum Gasteiger partial charge on any atom is -0.495 e. The first-order chi connectivity index (χ1) is 10.0. The number of anilines is 1. The van der Waals surface area contributed by atoms with Crippen molar-refractivity contribution in [3.05, 3.63) is 23.8 Å². The Morgan fingerprint density at radius 1 is 1.38 bits per heavy atom. The lowest BCUT2D eigenvalue weighted by atomic mass is 9.96. The van der Waals surface area contributed by atoms with Crippen molar-refractivity contribution in [2.24, 2.45) is 5.92 Å². The molecule has 1 saturated heterocycles. The summed E-state index contributed by atoms with van der Waals surface area (Å²) < 4.78 is 5.52. The molecule has 1 N–H and O–H groups in total. The summed E-state index contributed by atoms with van der Waals surface area (Å²) in [4.78, 5) is 15.4. The highest BCUT2D eigenvalue weighted by Gasteiger charge is 2.25. The number of ether oxygens (including phenoxy) is 1. The summed E-state index contributed by atoms with van der Waals surface area (Å²) >= 11 is 0. The minimum atomic E-state index is -0.678. The average molecular weight is 292 g/mol. The van der Waals surface area contributed by atoms with Crippen LogP contribution in [0.1, 0.15) is 18.4 Å². The second-order valence-electron chi connectivity index (χ2n) is 5.84. The largest absolute Gasteiger partial charge is 0.495 e. The molecule has 5 nitrogen and oxygen atoms in total. The van der Waals surface area contributed by atoms with Gasteiger partial charge in [0.25, 0.3) is 0 Å². The van der Waals surface area contributed by atoms with Crippen molar-refractivity contribution in [1.82, 2.24) is 4.90 Å². The molecule has 0 aliphatic carbocycles. The normalized spacial score (nSPS) is 16.3. The van der Waals surface area contributed by atoms with E-state index in [1.807, 2.05) is 14.1 Å². The van der Waals surface area contributed by atoms with Crippen LogP contribution in [-0.4, -0.2) is 50.3 Å². The first-order valence-electron chi connectivity index (χ1n) is 7.30. The van der Waals surface area contributed by atoms with Crippen LogP contribution in [0.4, 0.5) is 5.69 Å². The Labute approximate surface area is 126 Å². The van der Waals surface area contributed by atoms with Gasteiger partial charge in [0.2, 0.25) is 0 Å². The fourth-order valence-electron chi connectivity index (χ4n) is 2.81. The number of hydrogen-bond donors (Lipinski definition) is 1. The molecule has 0 saturated carbocycles. The molecule has 116 valence electrons. The molecule has 1 aromatic rings. The number of methoxy groups -OCH3 is 1. The van der Waals surface area contributed by atoms with E-state index < -0.39 is 5.97 Å². The zero-order chi connectivity index (χ0) is 15.4. The van der Waals surface area contributed by atoms with E-state index in [1.54, 1.807) is 7.11 Å². The van der Waals surface area contributed by atoms with Crippen LogP contribution in [0.3, 0.4) is 0 Å². The van der Waals surface area contributed by atoms with E-state index in [9.17, 15) is 4.79 Å². The average Bonchev–Trinajstić information content (AvgIpc) is 2.46. The van der Waals surface area contributed by atoms with Crippen LogP contribution in [0.2, 0.25) is 0 Å². The van der Waals surface area contributed by atoms with Gasteiger partial charge in [0.15, 0.2) is 0 Å². The molecule has 0 bridgehead atoms. The summed E-state index contributed by atoms with van der Waals surface area (Å²) in [7, 11) is 5.76. The van der Waals surface area contributed by atoms with E-state index in [4.69, 9.17) is 9.84 Å². The van der Waals surface area contributed by atoms with E-state index in [2.05, 4.69) is 28.0 Å². The number of hydrogen-bond acceptors (Lipinski definition) is 4. The molecule has 1 heterocycles. The molecule has 2 rings (SSSR count). The molecule has 0 spiro atoms. The molecule has 0 radical (unpaired) electrons. The van der Waals surface area contributed by atoms with Gasteiger partial charge in [-0.2, -0.15) is 0 Å². The molecule has 1 fully saturated rings. The summed E-state index contributed by atoms with van der Waals surface area (Å²) in [6.45, 7) is 2.40. The highest BCUT2D eigenvalue weighted by atomic mass is 16.5. The monoisotopic (exact) mass is 292 g/mol. The lowest BCUT2D eigenvalue weighted by Crippen LogP contribution is -2.36. The summed E-state index contributed by atoms with van der Waals surface area (Å²) in [5, 5.41) is 9.07. The molecule has 1 aromatic carbocycles. The molecule has 1 aliphatic heterocycles. The first-order valence-corrected chi connectivity index (χ1v) is 7.30. The SMILES string of the molecule is COc1cc(CN(C)C)ccc1N1CCC(C(=O)O)CC1. The van der Waals surface area contributed by atoms with Crippen LogP contribution < -0.4 is 9.64 Å². The van der Waals surface area contributed by atoms with E-state index >= 15 is 0 Å². The van der Waals surface area contributed by atoms with E-state index in [0.717, 1.165) is 31.1 Å². The van der Waals surface area contributed by atoms with E-state index in [1.165, 1.54) is 5.56 Å². The number of carbonyl (C=O) groups is 1. The molecule has 0 atom stereocenters. The van der Waals surface area contributed by atoms with Gasteiger partial charge in [-0.1, -0.05) is 6.07 Å². The smallest absolute Gasteiger partial charge is 0.306 e. The maximum Gasteiger partial charge on any atom is 0.306 e. The third-order valence-corrected chi connectivity index (χ3v) is 3.93. The van der Waals surface area contributed by atoms with Gasteiger partial charge in [0, 0.05) is 19.6 Å². The topological polar surface area (TPSA) is 53.0 Å². The molecule has 0 unspecified atom stereocenters. The van der Waals surface area contributed by atoms with Gasteiger partial charge < -0.3 is 19.6 Å². The number of benzene rings is 1. The van der Waals surface area contributed by atoms with Crippen molar-refractivity contribution in [2.45, 2.75) is 19.4 Å². The number of piperidine rings is 1. The Bertz CT molecular complexity index is 494. The third-order valence-electron chi connectivity index (χ3n) is 3.93. The van der Waals surface area contributed by atoms with Crippen LogP contribution in [0.25, 0.3) is 0 Å². The highest BCUT2D eigenvalue weighted by Crippen LogP contribution is 2.32. The lowest BCUT2D eigenvalue weighted by molar-refractivity contribution is -0.142. The van der Waals surface area contributed by atoms with Crippen molar-refractivity contribution < 1.29 is 14.6 Å². The van der Waals surface area contributed by atoms with Gasteiger partial charge in [0.1, 0.15) is 5.75 Å². The van der Waals surface area contributed by atoms with Crippen molar-refractivity contribution in [3.63, 3.8) is 0 Å². The fraction of sp³-hybridized carbons (Fsp3) is 0.562. The molecule has 5 heteroatoms. The van der Waals surface area contributed by atoms with Crippen LogP contribution >= 0.6 is 0 Å². The number of nitrogens with zero attached hydrogens (tertiary/aromatic N) is 2. The van der Waals surface area contributed by atoms with Crippen LogP contribution in [0.5, 0.6) is 5.75 Å². The predicted octanol–water partition coefficient (Wildman–Crippen LogP) is 2.06. The van der Waals surface area contributed by atoms with Crippen molar-refractivity contribution in [3.8, 4) is 5.75 Å². The zero-order valence-electron chi connectivity index (χ0n) is 13.0. The Morgan fingerprint density at radius 3 is 2.57 bits per heavy atom. The summed E-state index contributed by atoms with van der Waals surface area (Å²) in [5.74, 6) is -0.0219. The number of carboxylic acids is 1. The summed E-state index contributed by atoms with van der Waals surface area (Å²) in [6.07, 6.45) is 1.38. The standard InChI is InChI=1S/C16H24N2O3/c1-17(2)11-12-4-5-14(15(10-12)21-3)18-8-6-13(7-9-18)16(19)20/h4-5,10,13H,6-9,11H2,1-3H3,(H,19,20). The molecule has 21 heavy (non-hydrogen) atoms. The molecule has 0 aromatic heterocycles. The third kappa shape index (κ3) is 3.88. The lowest BCUT2D eigenvalue weighted by Gasteiger charge is -2.33. The highest BCUT2D eigenvalue weighted by molar-refractivity contribution is 5.70. The van der Waals surface area contributed by atoms with E-state index in [0.29, 0.717) is 12.8 Å². The van der Waals surface area contributed by atoms with E-state index in [-0.39, 0.29) is 5.92 Å². The quantitative estimate of drug-likeness (QED) is 0.900. The number of aliphatic carboxylic acids is 1. The fourth-order valence-corrected chi connectivity index (χ4v) is 2.81. The maximum absolute atomic E-state index is 11.0. The molecule has 1 aliphatic rings. The van der Waals surface area contributed by atoms with Crippen LogP contribution in [0, 0.1) is 5.92 Å². The Morgan fingerprint density at radius 2 is 2.05 bits per heavy atom. The molecule has 0 amide bonds. The van der Waals surface area contributed by atoms with Crippen LogP contribution in [0.15, 0.2) is 18.2 Å². The maximum atomic E-state index is 11.0. The van der Waals surface area contributed by atoms with Gasteiger partial charge in [0.05, 0.1) is 18.7 Å². The number of rotatable bonds is 5. The van der Waals surface area contributed by atoms with Gasteiger partial charge >= 0.3 is 5.97 Å². The Balaban J connectivity index is 2.11. The first kappa shape index (κ1) is 15.6. The van der Waals surface area contributed by atoms with Crippen molar-refractivity contribution in [1.29, 1.82) is 0 Å². The minimum absolute atomic E-state index is 0.208. The zero-order valence-corrected chi connectivity index (χ0v) is 13.0. The van der Waals surface area contributed by atoms with Crippen molar-refractivity contribution >= 4 is 11.7 Å². The Kier molecular flexibility index (Phi) is 5.07. The second kappa shape index (κ2) is 6.80. The number of carboxylic acid groups (broad SMARTS) is 1. The molecular formula is C16H24N2O3. The summed E-state index contributed by atoms with van der Waals surface area (Å²) in [5.41, 5.74) is 2.27. The van der Waals surface area contributed by atoms with Gasteiger partial charge in [-0.25, -0.2) is 0 Å². The van der Waals surface area contributed by atoms with Gasteiger partial charge in [-0.05, 0) is 44.6 Å². The van der Waals surface area contributed by atoms with Gasteiger partial charge in [-0.15, -0.1) is 0 Å². The molecular weight excluding hydrogens is 268 g/mol. The second-order valence-corrected chi connectivity index (χ2v) is 5.84. The predicted molar refractivity (Wildman–Crippen MR) is 83.0 cm³/mol. The van der Waals surface area contributed by atoms with Gasteiger partial charge in [-0.3, -0.25) is 4.79 Å². The Hall–Kier alpha value is -1.75. The van der Waals surface area contributed by atoms with Crippen molar-refractivity contribution in [2.75, 3.05) is 39.2 Å². The van der Waals surface area contributed by atoms with Crippen LogP contribution in [-0.2, 0) is 11.3 Å².